The fourth-order valence-electron chi connectivity index (χ4n) is 2.46. The number of hydrogen-bond acceptors (Lipinski definition) is 1. The van der Waals surface area contributed by atoms with Crippen molar-refractivity contribution in [1.82, 2.24) is 4.57 Å². The number of imidazole rings is 1. The molecule has 0 aromatic carbocycles. The van der Waals surface area contributed by atoms with E-state index < -0.39 is 7.82 Å². The van der Waals surface area contributed by atoms with Crippen molar-refractivity contribution in [2.24, 2.45) is 7.05 Å². The van der Waals surface area contributed by atoms with Gasteiger partial charge in [-0.1, -0.05) is 40.0 Å². The predicted molar refractivity (Wildman–Crippen MR) is 92.0 cm³/mol. The normalized spacial score (nSPS) is 11.3. The van der Waals surface area contributed by atoms with Gasteiger partial charge in [-0.25, -0.2) is 13.7 Å². The zero-order chi connectivity index (χ0) is 17.9. The summed E-state index contributed by atoms with van der Waals surface area (Å²) < 4.78 is 13.8. The summed E-state index contributed by atoms with van der Waals surface area (Å²) in [4.78, 5) is 21.6. The van der Waals surface area contributed by atoms with Gasteiger partial charge in [-0.2, -0.15) is 0 Å². The Bertz CT molecular complexity index is 474. The van der Waals surface area contributed by atoms with Crippen molar-refractivity contribution in [3.05, 3.63) is 17.7 Å². The van der Waals surface area contributed by atoms with Crippen molar-refractivity contribution in [2.45, 2.75) is 78.7 Å². The SMILES string of the molecule is CCCCc1c[n+](CCCC)c(CCCC)n1C.O=P(O)(O)O. The van der Waals surface area contributed by atoms with Gasteiger partial charge in [0.2, 0.25) is 0 Å². The molecule has 1 aromatic heterocycles. The molecule has 0 radical (unpaired) electrons. The van der Waals surface area contributed by atoms with E-state index in [-0.39, 0.29) is 0 Å². The molecule has 7 heteroatoms. The van der Waals surface area contributed by atoms with Crippen LogP contribution in [0.4, 0.5) is 0 Å². The fraction of sp³-hybridized carbons (Fsp3) is 0.812. The zero-order valence-electron chi connectivity index (χ0n) is 15.0. The molecule has 23 heavy (non-hydrogen) atoms. The average molecular weight is 349 g/mol. The van der Waals surface area contributed by atoms with Crippen molar-refractivity contribution in [3.63, 3.8) is 0 Å². The van der Waals surface area contributed by atoms with E-state index in [1.54, 1.807) is 0 Å². The molecule has 0 saturated heterocycles. The quantitative estimate of drug-likeness (QED) is 0.473. The van der Waals surface area contributed by atoms with Gasteiger partial charge in [-0.3, -0.25) is 0 Å². The Morgan fingerprint density at radius 1 is 1.00 bits per heavy atom. The Balaban J connectivity index is 0.000000841. The number of aromatic nitrogens is 2. The molecule has 0 atom stereocenters. The van der Waals surface area contributed by atoms with Gasteiger partial charge in [0.1, 0.15) is 11.9 Å². The molecule has 0 saturated carbocycles. The van der Waals surface area contributed by atoms with Crippen molar-refractivity contribution in [2.75, 3.05) is 0 Å². The third-order valence-electron chi connectivity index (χ3n) is 3.75. The number of rotatable bonds is 9. The molecule has 0 aliphatic rings. The van der Waals surface area contributed by atoms with E-state index in [0.29, 0.717) is 0 Å². The molecular weight excluding hydrogens is 315 g/mol. The number of aryl methyl sites for hydroxylation is 2. The summed E-state index contributed by atoms with van der Waals surface area (Å²) in [7, 11) is -2.39. The Kier molecular flexibility index (Phi) is 11.4. The maximum atomic E-state index is 8.88. The molecular formula is C16H34N2O4P+. The third-order valence-corrected chi connectivity index (χ3v) is 3.75. The van der Waals surface area contributed by atoms with Gasteiger partial charge in [-0.05, 0) is 19.3 Å². The molecule has 1 aromatic rings. The average Bonchev–Trinajstić information content (AvgIpc) is 2.75. The van der Waals surface area contributed by atoms with Gasteiger partial charge in [0, 0.05) is 12.8 Å². The topological polar surface area (TPSA) is 86.6 Å². The number of nitrogens with zero attached hydrogens (tertiary/aromatic N) is 2. The number of unbranched alkanes of at least 4 members (excludes halogenated alkanes) is 3. The molecule has 3 N–H and O–H groups in total. The minimum absolute atomic E-state index is 1.19. The van der Waals surface area contributed by atoms with Gasteiger partial charge in [-0.15, -0.1) is 0 Å². The van der Waals surface area contributed by atoms with E-state index in [9.17, 15) is 0 Å². The first-order valence-electron chi connectivity index (χ1n) is 8.59. The Morgan fingerprint density at radius 3 is 1.96 bits per heavy atom. The molecule has 0 fully saturated rings. The number of phosphoric acid groups is 1. The lowest BCUT2D eigenvalue weighted by Crippen LogP contribution is -2.37. The van der Waals surface area contributed by atoms with E-state index in [2.05, 4.69) is 43.1 Å². The van der Waals surface area contributed by atoms with Crippen LogP contribution >= 0.6 is 7.82 Å². The fourth-order valence-corrected chi connectivity index (χ4v) is 2.46. The first kappa shape index (κ1) is 22.3. The largest absolute Gasteiger partial charge is 0.466 e. The second-order valence-corrected chi connectivity index (χ2v) is 6.89. The monoisotopic (exact) mass is 349 g/mol. The molecule has 1 heterocycles. The molecule has 0 spiro atoms. The number of hydrogen-bond donors (Lipinski definition) is 3. The van der Waals surface area contributed by atoms with Crippen LogP contribution in [-0.4, -0.2) is 19.2 Å². The molecule has 0 unspecified atom stereocenters. The summed E-state index contributed by atoms with van der Waals surface area (Å²) in [6, 6.07) is 0. The molecule has 0 aliphatic heterocycles. The van der Waals surface area contributed by atoms with Crippen molar-refractivity contribution in [1.29, 1.82) is 0 Å². The minimum atomic E-state index is -4.64. The Labute approximate surface area is 140 Å². The summed E-state index contributed by atoms with van der Waals surface area (Å²) in [6.45, 7) is 8.01. The van der Waals surface area contributed by atoms with Crippen LogP contribution in [0.5, 0.6) is 0 Å². The van der Waals surface area contributed by atoms with E-state index in [4.69, 9.17) is 19.2 Å². The standard InChI is InChI=1S/C16H31N2.H3O4P/c1-5-8-11-15-14-18(13-10-7-3)16(17(15)4)12-9-6-2;1-5(2,3)4/h14H,5-13H2,1-4H3;(H3,1,2,3,4)/q+1;. The van der Waals surface area contributed by atoms with Gasteiger partial charge >= 0.3 is 7.82 Å². The molecule has 0 bridgehead atoms. The zero-order valence-corrected chi connectivity index (χ0v) is 15.9. The van der Waals surface area contributed by atoms with Gasteiger partial charge in [0.15, 0.2) is 0 Å². The van der Waals surface area contributed by atoms with Crippen molar-refractivity contribution < 1.29 is 23.8 Å². The van der Waals surface area contributed by atoms with Crippen LogP contribution in [0.1, 0.15) is 70.8 Å². The Hall–Kier alpha value is -0.680. The smallest absolute Gasteiger partial charge is 0.303 e. The van der Waals surface area contributed by atoms with E-state index in [0.717, 1.165) is 0 Å². The summed E-state index contributed by atoms with van der Waals surface area (Å²) in [6.07, 6.45) is 12.6. The van der Waals surface area contributed by atoms with E-state index in [1.165, 1.54) is 69.4 Å². The lowest BCUT2D eigenvalue weighted by atomic mass is 10.2. The van der Waals surface area contributed by atoms with Gasteiger partial charge in [0.05, 0.1) is 13.6 Å². The summed E-state index contributed by atoms with van der Waals surface area (Å²) >= 11 is 0. The van der Waals surface area contributed by atoms with Gasteiger partial charge in [0.25, 0.3) is 5.82 Å². The second kappa shape index (κ2) is 11.8. The van der Waals surface area contributed by atoms with E-state index in [1.807, 2.05) is 0 Å². The first-order valence-corrected chi connectivity index (χ1v) is 10.2. The van der Waals surface area contributed by atoms with Crippen LogP contribution in [0.3, 0.4) is 0 Å². The summed E-state index contributed by atoms with van der Waals surface area (Å²) in [5.41, 5.74) is 1.51. The molecule has 6 nitrogen and oxygen atoms in total. The highest BCUT2D eigenvalue weighted by atomic mass is 31.2. The highest BCUT2D eigenvalue weighted by Crippen LogP contribution is 2.25. The maximum absolute atomic E-state index is 8.88. The van der Waals surface area contributed by atoms with Crippen LogP contribution in [0, 0.1) is 0 Å². The molecule has 0 aliphatic carbocycles. The van der Waals surface area contributed by atoms with Crippen LogP contribution in [0.25, 0.3) is 0 Å². The summed E-state index contributed by atoms with van der Waals surface area (Å²) in [5, 5.41) is 0. The van der Waals surface area contributed by atoms with Crippen LogP contribution in [-0.2, 0) is 31.0 Å². The lowest BCUT2D eigenvalue weighted by molar-refractivity contribution is -0.704. The van der Waals surface area contributed by atoms with Crippen LogP contribution < -0.4 is 4.57 Å². The molecule has 136 valence electrons. The first-order chi connectivity index (χ1) is 10.7. The predicted octanol–water partition coefficient (Wildman–Crippen LogP) is 2.87. The Morgan fingerprint density at radius 2 is 1.48 bits per heavy atom. The van der Waals surface area contributed by atoms with E-state index >= 15 is 0 Å². The highest BCUT2D eigenvalue weighted by molar-refractivity contribution is 7.45. The molecule has 0 amide bonds. The lowest BCUT2D eigenvalue weighted by Gasteiger charge is -2.01. The van der Waals surface area contributed by atoms with Crippen molar-refractivity contribution in [3.8, 4) is 0 Å². The van der Waals surface area contributed by atoms with Crippen molar-refractivity contribution >= 4 is 7.82 Å². The van der Waals surface area contributed by atoms with Crippen LogP contribution in [0.2, 0.25) is 0 Å². The second-order valence-electron chi connectivity index (χ2n) is 5.86. The van der Waals surface area contributed by atoms with Crippen LogP contribution in [0.15, 0.2) is 6.20 Å². The summed E-state index contributed by atoms with van der Waals surface area (Å²) in [5.74, 6) is 1.52. The van der Waals surface area contributed by atoms with Gasteiger partial charge < -0.3 is 14.7 Å². The maximum Gasteiger partial charge on any atom is 0.466 e. The third kappa shape index (κ3) is 10.7. The molecule has 1 rings (SSSR count). The minimum Gasteiger partial charge on any atom is -0.303 e. The highest BCUT2D eigenvalue weighted by Gasteiger charge is 2.19.